The van der Waals surface area contributed by atoms with Crippen molar-refractivity contribution in [1.82, 2.24) is 4.98 Å². The summed E-state index contributed by atoms with van der Waals surface area (Å²) in [6.45, 7) is 13.7. The van der Waals surface area contributed by atoms with E-state index >= 15 is 0 Å². The molecule has 0 spiro atoms. The first-order chi connectivity index (χ1) is 6.66. The Morgan fingerprint density at radius 2 is 1.13 bits per heavy atom. The van der Waals surface area contributed by atoms with E-state index < -0.39 is 0 Å². The van der Waals surface area contributed by atoms with Gasteiger partial charge in [-0.05, 0) is 35.8 Å². The van der Waals surface area contributed by atoms with Gasteiger partial charge < -0.3 is 4.98 Å². The molecule has 0 bridgehead atoms. The van der Waals surface area contributed by atoms with Gasteiger partial charge in [-0.2, -0.15) is 0 Å². The molecule has 0 amide bonds. The van der Waals surface area contributed by atoms with Crippen LogP contribution in [-0.2, 0) is 12.8 Å². The zero-order valence-electron chi connectivity index (χ0n) is 11.1. The van der Waals surface area contributed by atoms with E-state index in [2.05, 4.69) is 58.7 Å². The Morgan fingerprint density at radius 1 is 0.800 bits per heavy atom. The molecule has 1 N–H and O–H groups in total. The summed E-state index contributed by atoms with van der Waals surface area (Å²) in [6.07, 6.45) is 2.24. The number of rotatable bonds is 2. The fourth-order valence-electron chi connectivity index (χ4n) is 1.84. The molecule has 1 rings (SSSR count). The Morgan fingerprint density at radius 3 is 1.40 bits per heavy atom. The van der Waals surface area contributed by atoms with Gasteiger partial charge in [0, 0.05) is 11.4 Å². The van der Waals surface area contributed by atoms with E-state index in [1.807, 2.05) is 0 Å². The maximum absolute atomic E-state index is 3.53. The molecule has 0 aliphatic heterocycles. The lowest BCUT2D eigenvalue weighted by atomic mass is 9.91. The third kappa shape index (κ3) is 5.06. The summed E-state index contributed by atoms with van der Waals surface area (Å²) in [7, 11) is 0. The monoisotopic (exact) mass is 207 g/mol. The molecule has 0 unspecified atom stereocenters. The van der Waals surface area contributed by atoms with Crippen LogP contribution in [-0.4, -0.2) is 4.98 Å². The summed E-state index contributed by atoms with van der Waals surface area (Å²) < 4.78 is 0. The highest BCUT2D eigenvalue weighted by atomic mass is 14.7. The lowest BCUT2D eigenvalue weighted by Gasteiger charge is -2.18. The molecule has 86 valence electrons. The number of aromatic amines is 1. The first kappa shape index (κ1) is 12.4. The van der Waals surface area contributed by atoms with Crippen LogP contribution in [0.15, 0.2) is 12.1 Å². The molecule has 0 aliphatic carbocycles. The second kappa shape index (κ2) is 4.03. The Balaban J connectivity index is 2.65. The van der Waals surface area contributed by atoms with Crippen molar-refractivity contribution in [2.75, 3.05) is 0 Å². The molecule has 1 aromatic heterocycles. The van der Waals surface area contributed by atoms with Crippen molar-refractivity contribution >= 4 is 0 Å². The molecular formula is C14H25N. The number of hydrogen-bond donors (Lipinski definition) is 1. The Kier molecular flexibility index (Phi) is 3.32. The van der Waals surface area contributed by atoms with Crippen LogP contribution < -0.4 is 0 Å². The first-order valence-corrected chi connectivity index (χ1v) is 5.82. The Bertz CT molecular complexity index is 276. The van der Waals surface area contributed by atoms with Crippen molar-refractivity contribution in [2.45, 2.75) is 54.4 Å². The van der Waals surface area contributed by atoms with E-state index in [1.165, 1.54) is 11.4 Å². The molecule has 15 heavy (non-hydrogen) atoms. The molecule has 0 atom stereocenters. The summed E-state index contributed by atoms with van der Waals surface area (Å²) in [5, 5.41) is 0. The molecule has 0 aromatic carbocycles. The molecule has 1 heterocycles. The predicted molar refractivity (Wildman–Crippen MR) is 67.1 cm³/mol. The average molecular weight is 207 g/mol. The number of nitrogens with one attached hydrogen (secondary N) is 1. The van der Waals surface area contributed by atoms with Crippen molar-refractivity contribution in [2.24, 2.45) is 10.8 Å². The van der Waals surface area contributed by atoms with Crippen molar-refractivity contribution in [3.63, 3.8) is 0 Å². The minimum atomic E-state index is 0.365. The van der Waals surface area contributed by atoms with Gasteiger partial charge in [-0.1, -0.05) is 41.5 Å². The maximum atomic E-state index is 3.53. The summed E-state index contributed by atoms with van der Waals surface area (Å²) >= 11 is 0. The molecule has 0 aliphatic rings. The Labute approximate surface area is 94.3 Å². The van der Waals surface area contributed by atoms with Crippen molar-refractivity contribution in [1.29, 1.82) is 0 Å². The maximum Gasteiger partial charge on any atom is 0.0154 e. The van der Waals surface area contributed by atoms with Crippen molar-refractivity contribution < 1.29 is 0 Å². The molecule has 0 saturated heterocycles. The lowest BCUT2D eigenvalue weighted by Crippen LogP contribution is -2.11. The zero-order valence-corrected chi connectivity index (χ0v) is 11.1. The first-order valence-electron chi connectivity index (χ1n) is 5.82. The highest BCUT2D eigenvalue weighted by Gasteiger charge is 2.15. The van der Waals surface area contributed by atoms with Crippen LogP contribution in [0.4, 0.5) is 0 Å². The summed E-state index contributed by atoms with van der Waals surface area (Å²) in [6, 6.07) is 4.46. The standard InChI is InChI=1S/C14H25N/c1-13(2,3)9-11-7-8-12(15-11)10-14(4,5)6/h7-8,15H,9-10H2,1-6H3. The summed E-state index contributed by atoms with van der Waals surface area (Å²) in [5.41, 5.74) is 3.46. The molecular weight excluding hydrogens is 182 g/mol. The van der Waals surface area contributed by atoms with Crippen LogP contribution in [0.25, 0.3) is 0 Å². The summed E-state index contributed by atoms with van der Waals surface area (Å²) in [4.78, 5) is 3.53. The van der Waals surface area contributed by atoms with Gasteiger partial charge >= 0.3 is 0 Å². The molecule has 0 radical (unpaired) electrons. The van der Waals surface area contributed by atoms with Gasteiger partial charge in [0.15, 0.2) is 0 Å². The molecule has 1 aromatic rings. The van der Waals surface area contributed by atoms with E-state index in [-0.39, 0.29) is 0 Å². The quantitative estimate of drug-likeness (QED) is 0.748. The van der Waals surface area contributed by atoms with E-state index in [4.69, 9.17) is 0 Å². The van der Waals surface area contributed by atoms with Gasteiger partial charge in [0.25, 0.3) is 0 Å². The minimum absolute atomic E-state index is 0.365. The second-order valence-electron chi connectivity index (χ2n) is 6.98. The van der Waals surface area contributed by atoms with Gasteiger partial charge in [-0.25, -0.2) is 0 Å². The van der Waals surface area contributed by atoms with E-state index in [9.17, 15) is 0 Å². The van der Waals surface area contributed by atoms with Crippen LogP contribution >= 0.6 is 0 Å². The fraction of sp³-hybridized carbons (Fsp3) is 0.714. The fourth-order valence-corrected chi connectivity index (χ4v) is 1.84. The largest absolute Gasteiger partial charge is 0.362 e. The third-order valence-electron chi connectivity index (χ3n) is 2.25. The number of H-pyrrole nitrogens is 1. The molecule has 1 heteroatoms. The van der Waals surface area contributed by atoms with Crippen LogP contribution in [0.1, 0.15) is 52.9 Å². The van der Waals surface area contributed by atoms with E-state index in [0.29, 0.717) is 10.8 Å². The van der Waals surface area contributed by atoms with Gasteiger partial charge in [-0.15, -0.1) is 0 Å². The second-order valence-corrected chi connectivity index (χ2v) is 6.98. The molecule has 0 fully saturated rings. The highest BCUT2D eigenvalue weighted by Crippen LogP contribution is 2.23. The molecule has 0 saturated carbocycles. The van der Waals surface area contributed by atoms with Gasteiger partial charge in [0.05, 0.1) is 0 Å². The normalized spacial score (nSPS) is 13.2. The number of hydrogen-bond acceptors (Lipinski definition) is 0. The highest BCUT2D eigenvalue weighted by molar-refractivity contribution is 5.15. The number of aromatic nitrogens is 1. The predicted octanol–water partition coefficient (Wildman–Crippen LogP) is 4.19. The smallest absolute Gasteiger partial charge is 0.0154 e. The topological polar surface area (TPSA) is 15.8 Å². The van der Waals surface area contributed by atoms with Gasteiger partial charge in [0.2, 0.25) is 0 Å². The Hall–Kier alpha value is -0.720. The lowest BCUT2D eigenvalue weighted by molar-refractivity contribution is 0.399. The van der Waals surface area contributed by atoms with Crippen molar-refractivity contribution in [3.05, 3.63) is 23.5 Å². The SMILES string of the molecule is CC(C)(C)Cc1ccc(CC(C)(C)C)[nH]1. The zero-order chi connectivity index (χ0) is 11.7. The summed E-state index contributed by atoms with van der Waals surface area (Å²) in [5.74, 6) is 0. The van der Waals surface area contributed by atoms with Gasteiger partial charge in [0.1, 0.15) is 0 Å². The average Bonchev–Trinajstić information content (AvgIpc) is 2.28. The van der Waals surface area contributed by atoms with Crippen LogP contribution in [0, 0.1) is 10.8 Å². The van der Waals surface area contributed by atoms with Crippen molar-refractivity contribution in [3.8, 4) is 0 Å². The van der Waals surface area contributed by atoms with Crippen LogP contribution in [0.2, 0.25) is 0 Å². The van der Waals surface area contributed by atoms with Crippen LogP contribution in [0.5, 0.6) is 0 Å². The van der Waals surface area contributed by atoms with Gasteiger partial charge in [-0.3, -0.25) is 0 Å². The minimum Gasteiger partial charge on any atom is -0.362 e. The third-order valence-corrected chi connectivity index (χ3v) is 2.25. The van der Waals surface area contributed by atoms with Crippen LogP contribution in [0.3, 0.4) is 0 Å². The van der Waals surface area contributed by atoms with E-state index in [0.717, 1.165) is 12.8 Å². The molecule has 1 nitrogen and oxygen atoms in total. The van der Waals surface area contributed by atoms with E-state index in [1.54, 1.807) is 0 Å².